The minimum atomic E-state index is -0.212. The van der Waals surface area contributed by atoms with E-state index < -0.39 is 0 Å². The number of rotatable bonds is 9. The standard InChI is InChI=1S/C21H24N2O4/c1-2-26-18-9-5-6-10-19(18)27-14-13-20(24)23-17-8-4-3-7-16(17)21(25)22-15-11-12-15/h3-10,15H,2,11-14H2,1H3,(H,22,25)(H,23,24). The van der Waals surface area contributed by atoms with Crippen molar-refractivity contribution in [1.82, 2.24) is 5.32 Å². The van der Waals surface area contributed by atoms with Gasteiger partial charge in [-0.1, -0.05) is 24.3 Å². The number of nitrogens with one attached hydrogen (secondary N) is 2. The van der Waals surface area contributed by atoms with Crippen LogP contribution >= 0.6 is 0 Å². The van der Waals surface area contributed by atoms with Gasteiger partial charge in [-0.2, -0.15) is 0 Å². The second kappa shape index (κ2) is 9.07. The number of para-hydroxylation sites is 3. The van der Waals surface area contributed by atoms with Crippen molar-refractivity contribution in [3.05, 3.63) is 54.1 Å². The van der Waals surface area contributed by atoms with Crippen LogP contribution < -0.4 is 20.1 Å². The first-order valence-electron chi connectivity index (χ1n) is 9.21. The SMILES string of the molecule is CCOc1ccccc1OCCC(=O)Nc1ccccc1C(=O)NC1CC1. The molecule has 3 rings (SSSR count). The van der Waals surface area contributed by atoms with Gasteiger partial charge in [-0.3, -0.25) is 9.59 Å². The molecule has 0 unspecified atom stereocenters. The average molecular weight is 368 g/mol. The summed E-state index contributed by atoms with van der Waals surface area (Å²) >= 11 is 0. The normalized spacial score (nSPS) is 12.9. The van der Waals surface area contributed by atoms with Crippen LogP contribution in [0.1, 0.15) is 36.5 Å². The van der Waals surface area contributed by atoms with Crippen molar-refractivity contribution in [3.8, 4) is 11.5 Å². The number of amides is 2. The molecule has 0 heterocycles. The molecule has 1 saturated carbocycles. The maximum Gasteiger partial charge on any atom is 0.253 e. The Morgan fingerprint density at radius 2 is 1.67 bits per heavy atom. The molecule has 0 saturated heterocycles. The molecule has 0 aliphatic heterocycles. The maximum absolute atomic E-state index is 12.3. The lowest BCUT2D eigenvalue weighted by molar-refractivity contribution is -0.116. The summed E-state index contributed by atoms with van der Waals surface area (Å²) in [6.45, 7) is 2.66. The van der Waals surface area contributed by atoms with Gasteiger partial charge in [-0.25, -0.2) is 0 Å². The Bertz CT molecular complexity index is 802. The molecule has 2 aromatic carbocycles. The predicted molar refractivity (Wildman–Crippen MR) is 103 cm³/mol. The number of carbonyl (C=O) groups is 2. The number of anilines is 1. The van der Waals surface area contributed by atoms with Crippen molar-refractivity contribution in [2.24, 2.45) is 0 Å². The van der Waals surface area contributed by atoms with Crippen molar-refractivity contribution in [2.75, 3.05) is 18.5 Å². The third kappa shape index (κ3) is 5.48. The van der Waals surface area contributed by atoms with Gasteiger partial charge in [0.05, 0.1) is 30.9 Å². The molecule has 2 aromatic rings. The summed E-state index contributed by atoms with van der Waals surface area (Å²) in [6.07, 6.45) is 2.20. The van der Waals surface area contributed by atoms with Crippen LogP contribution in [0.25, 0.3) is 0 Å². The van der Waals surface area contributed by atoms with E-state index in [1.54, 1.807) is 30.3 Å². The maximum atomic E-state index is 12.3. The van der Waals surface area contributed by atoms with Gasteiger partial charge in [-0.15, -0.1) is 0 Å². The third-order valence-electron chi connectivity index (χ3n) is 4.09. The fourth-order valence-corrected chi connectivity index (χ4v) is 2.59. The molecule has 0 aromatic heterocycles. The van der Waals surface area contributed by atoms with Crippen LogP contribution in [0.15, 0.2) is 48.5 Å². The van der Waals surface area contributed by atoms with Crippen LogP contribution in [-0.2, 0) is 4.79 Å². The number of carbonyl (C=O) groups excluding carboxylic acids is 2. The van der Waals surface area contributed by atoms with Gasteiger partial charge in [0.2, 0.25) is 5.91 Å². The van der Waals surface area contributed by atoms with Crippen LogP contribution in [0.2, 0.25) is 0 Å². The number of benzene rings is 2. The van der Waals surface area contributed by atoms with Crippen molar-refractivity contribution in [1.29, 1.82) is 0 Å². The van der Waals surface area contributed by atoms with E-state index in [4.69, 9.17) is 9.47 Å². The molecule has 2 N–H and O–H groups in total. The molecule has 0 atom stereocenters. The Balaban J connectivity index is 1.53. The second-order valence-electron chi connectivity index (χ2n) is 6.32. The van der Waals surface area contributed by atoms with Crippen molar-refractivity contribution in [2.45, 2.75) is 32.2 Å². The molecule has 27 heavy (non-hydrogen) atoms. The quantitative estimate of drug-likeness (QED) is 0.711. The second-order valence-corrected chi connectivity index (χ2v) is 6.32. The Morgan fingerprint density at radius 1 is 1.00 bits per heavy atom. The highest BCUT2D eigenvalue weighted by molar-refractivity contribution is 6.03. The number of hydrogen-bond acceptors (Lipinski definition) is 4. The van der Waals surface area contributed by atoms with E-state index in [9.17, 15) is 9.59 Å². The van der Waals surface area contributed by atoms with E-state index in [-0.39, 0.29) is 30.9 Å². The van der Waals surface area contributed by atoms with Gasteiger partial charge in [-0.05, 0) is 44.0 Å². The molecule has 1 fully saturated rings. The molecule has 6 heteroatoms. The monoisotopic (exact) mass is 368 g/mol. The summed E-state index contributed by atoms with van der Waals surface area (Å²) in [5.41, 5.74) is 0.982. The molecule has 6 nitrogen and oxygen atoms in total. The van der Waals surface area contributed by atoms with Crippen molar-refractivity contribution in [3.63, 3.8) is 0 Å². The van der Waals surface area contributed by atoms with Gasteiger partial charge in [0.15, 0.2) is 11.5 Å². The van der Waals surface area contributed by atoms with E-state index in [2.05, 4.69) is 10.6 Å². The highest BCUT2D eigenvalue weighted by atomic mass is 16.5. The minimum Gasteiger partial charge on any atom is -0.490 e. The Labute approximate surface area is 158 Å². The van der Waals surface area contributed by atoms with Crippen LogP contribution in [0.3, 0.4) is 0 Å². The molecule has 1 aliphatic carbocycles. The zero-order chi connectivity index (χ0) is 19.1. The molecule has 142 valence electrons. The fraction of sp³-hybridized carbons (Fsp3) is 0.333. The van der Waals surface area contributed by atoms with Gasteiger partial charge in [0.25, 0.3) is 5.91 Å². The fourth-order valence-electron chi connectivity index (χ4n) is 2.59. The molecule has 2 amide bonds. The van der Waals surface area contributed by atoms with Crippen LogP contribution in [0.5, 0.6) is 11.5 Å². The van der Waals surface area contributed by atoms with E-state index in [0.29, 0.717) is 29.4 Å². The first-order chi connectivity index (χ1) is 13.2. The Morgan fingerprint density at radius 3 is 2.37 bits per heavy atom. The molecule has 1 aliphatic rings. The van der Waals surface area contributed by atoms with Gasteiger partial charge in [0, 0.05) is 6.04 Å². The number of ether oxygens (including phenoxy) is 2. The first-order valence-corrected chi connectivity index (χ1v) is 9.21. The van der Waals surface area contributed by atoms with Gasteiger partial charge >= 0.3 is 0 Å². The zero-order valence-corrected chi connectivity index (χ0v) is 15.4. The highest BCUT2D eigenvalue weighted by Crippen LogP contribution is 2.26. The molecular formula is C21H24N2O4. The Kier molecular flexibility index (Phi) is 6.30. The summed E-state index contributed by atoms with van der Waals surface area (Å²) in [5, 5.41) is 5.74. The largest absolute Gasteiger partial charge is 0.490 e. The van der Waals surface area contributed by atoms with E-state index in [0.717, 1.165) is 12.8 Å². The highest BCUT2D eigenvalue weighted by Gasteiger charge is 2.25. The summed E-state index contributed by atoms with van der Waals surface area (Å²) in [5.74, 6) is 0.893. The average Bonchev–Trinajstić information content (AvgIpc) is 3.48. The summed E-state index contributed by atoms with van der Waals surface area (Å²) in [6, 6.07) is 14.6. The van der Waals surface area contributed by atoms with E-state index >= 15 is 0 Å². The summed E-state index contributed by atoms with van der Waals surface area (Å²) < 4.78 is 11.2. The lowest BCUT2D eigenvalue weighted by Crippen LogP contribution is -2.27. The first kappa shape index (κ1) is 18.8. The third-order valence-corrected chi connectivity index (χ3v) is 4.09. The topological polar surface area (TPSA) is 76.7 Å². The predicted octanol–water partition coefficient (Wildman–Crippen LogP) is 3.39. The van der Waals surface area contributed by atoms with E-state index in [1.807, 2.05) is 25.1 Å². The van der Waals surface area contributed by atoms with E-state index in [1.165, 1.54) is 0 Å². The van der Waals surface area contributed by atoms with Crippen molar-refractivity contribution < 1.29 is 19.1 Å². The lowest BCUT2D eigenvalue weighted by atomic mass is 10.1. The Hall–Kier alpha value is -3.02. The molecule has 0 radical (unpaired) electrons. The summed E-state index contributed by atoms with van der Waals surface area (Å²) in [7, 11) is 0. The van der Waals surface area contributed by atoms with Crippen LogP contribution in [-0.4, -0.2) is 31.1 Å². The molecule has 0 spiro atoms. The van der Waals surface area contributed by atoms with Gasteiger partial charge < -0.3 is 20.1 Å². The zero-order valence-electron chi connectivity index (χ0n) is 15.4. The van der Waals surface area contributed by atoms with Crippen LogP contribution in [0.4, 0.5) is 5.69 Å². The summed E-state index contributed by atoms with van der Waals surface area (Å²) in [4.78, 5) is 24.6. The van der Waals surface area contributed by atoms with Crippen LogP contribution in [0, 0.1) is 0 Å². The smallest absolute Gasteiger partial charge is 0.253 e. The van der Waals surface area contributed by atoms with Crippen molar-refractivity contribution >= 4 is 17.5 Å². The lowest BCUT2D eigenvalue weighted by Gasteiger charge is -2.13. The number of hydrogen-bond donors (Lipinski definition) is 2. The minimum absolute atomic E-state index is 0.157. The van der Waals surface area contributed by atoms with Gasteiger partial charge in [0.1, 0.15) is 0 Å². The molecule has 0 bridgehead atoms. The molecular weight excluding hydrogens is 344 g/mol.